The second-order valence-electron chi connectivity index (χ2n) is 14.9. The number of nitrogens with two attached hydrogens (primary N) is 6. The molecular formula is C40H65N11O6. The second kappa shape index (κ2) is 24.9. The van der Waals surface area contributed by atoms with Crippen molar-refractivity contribution in [2.45, 2.75) is 113 Å². The van der Waals surface area contributed by atoms with Crippen LogP contribution in [0.1, 0.15) is 75.3 Å². The summed E-state index contributed by atoms with van der Waals surface area (Å²) in [7, 11) is 0. The molecule has 0 aliphatic carbocycles. The van der Waals surface area contributed by atoms with E-state index in [9.17, 15) is 29.1 Å². The molecule has 0 spiro atoms. The van der Waals surface area contributed by atoms with E-state index < -0.39 is 47.9 Å². The van der Waals surface area contributed by atoms with Crippen LogP contribution in [0.25, 0.3) is 11.1 Å². The molecule has 5 amide bonds. The van der Waals surface area contributed by atoms with Crippen molar-refractivity contribution in [3.05, 3.63) is 53.6 Å². The van der Waals surface area contributed by atoms with Gasteiger partial charge in [-0.05, 0) is 112 Å². The number of carbonyl (C=O) groups excluding carboxylic acids is 5. The minimum absolute atomic E-state index is 0.00156. The van der Waals surface area contributed by atoms with Crippen LogP contribution >= 0.6 is 0 Å². The first-order valence-electron chi connectivity index (χ1n) is 20.1. The number of rotatable bonds is 21. The lowest BCUT2D eigenvalue weighted by Crippen LogP contribution is -2.55. The molecule has 316 valence electrons. The summed E-state index contributed by atoms with van der Waals surface area (Å²) in [6.07, 6.45) is 4.20. The Kier molecular flexibility index (Phi) is 20.4. The molecule has 4 bridgehead atoms. The largest absolute Gasteiger partial charge is 0.508 e. The molecule has 2 aromatic carbocycles. The zero-order valence-electron chi connectivity index (χ0n) is 33.0. The maximum atomic E-state index is 13.8. The normalized spacial score (nSPS) is 18.8. The SMILES string of the molecule is NCCCC(NC(=O)C[C@@H]1Cc2cccc(c2)-c2ccc(O)c(c2)C[C@H](N)C(=O)N[C@@H](CCCN)C(=O)N1)C(=O)NCCC[C@H](N)CC(=O)NC[C@@H](N)CCCN. The highest BCUT2D eigenvalue weighted by atomic mass is 16.3. The Balaban J connectivity index is 1.69. The molecule has 18 N–H and O–H groups in total. The van der Waals surface area contributed by atoms with Crippen LogP contribution in [0.2, 0.25) is 0 Å². The summed E-state index contributed by atoms with van der Waals surface area (Å²) in [4.78, 5) is 66.2. The van der Waals surface area contributed by atoms with Crippen LogP contribution in [0.15, 0.2) is 42.5 Å². The van der Waals surface area contributed by atoms with Crippen LogP contribution in [0.5, 0.6) is 5.75 Å². The standard InChI is InChI=1S/C40H65N11O6/c41-14-2-8-30(45)24-48-36(53)22-29(44)9-5-17-47-39(56)33(10-3-15-42)50-37(54)23-31-19-25-6-1-7-26(18-25)27-12-13-35(52)28(20-27)21-32(46)38(55)51-34(11-4-16-43)40(57)49-31/h1,6-7,12-13,18,20,29-34,52H,2-5,8-11,14-17,19,21-24,41-46H2,(H,47,56)(H,48,53)(H,49,57)(H,50,54)(H,51,55)/t29-,30-,31-,32-,33?,34-/m0/s1. The Bertz CT molecular complexity index is 1610. The van der Waals surface area contributed by atoms with Crippen LogP contribution < -0.4 is 61.0 Å². The van der Waals surface area contributed by atoms with E-state index in [1.807, 2.05) is 24.3 Å². The van der Waals surface area contributed by atoms with Gasteiger partial charge in [-0.2, -0.15) is 0 Å². The smallest absolute Gasteiger partial charge is 0.242 e. The van der Waals surface area contributed by atoms with E-state index in [-0.39, 0.29) is 68.8 Å². The summed E-state index contributed by atoms with van der Waals surface area (Å²) in [5.74, 6) is -2.12. The van der Waals surface area contributed by atoms with Gasteiger partial charge in [0.05, 0.1) is 6.04 Å². The third-order valence-corrected chi connectivity index (χ3v) is 9.89. The number of fused-ring (bicyclic) bond motifs is 5. The number of phenolic OH excluding ortho intramolecular Hbond substituents is 1. The van der Waals surface area contributed by atoms with Crippen molar-refractivity contribution >= 4 is 29.5 Å². The molecule has 3 rings (SSSR count). The Morgan fingerprint density at radius 2 is 1.49 bits per heavy atom. The second-order valence-corrected chi connectivity index (χ2v) is 14.9. The monoisotopic (exact) mass is 796 g/mol. The summed E-state index contributed by atoms with van der Waals surface area (Å²) in [5, 5.41) is 24.8. The quantitative estimate of drug-likeness (QED) is 0.0650. The van der Waals surface area contributed by atoms with Crippen molar-refractivity contribution in [3.8, 4) is 16.9 Å². The van der Waals surface area contributed by atoms with Gasteiger partial charge in [0.15, 0.2) is 0 Å². The lowest BCUT2D eigenvalue weighted by atomic mass is 9.95. The molecule has 0 saturated carbocycles. The number of hydrogen-bond donors (Lipinski definition) is 12. The van der Waals surface area contributed by atoms with Crippen LogP contribution in [-0.2, 0) is 36.8 Å². The molecule has 1 unspecified atom stereocenters. The van der Waals surface area contributed by atoms with Gasteiger partial charge >= 0.3 is 0 Å². The predicted molar refractivity (Wildman–Crippen MR) is 220 cm³/mol. The molecule has 1 aliphatic heterocycles. The Labute approximate surface area is 335 Å². The highest BCUT2D eigenvalue weighted by Crippen LogP contribution is 2.28. The van der Waals surface area contributed by atoms with Crippen LogP contribution in [0.3, 0.4) is 0 Å². The van der Waals surface area contributed by atoms with Crippen molar-refractivity contribution in [2.75, 3.05) is 32.7 Å². The number of phenols is 1. The summed E-state index contributed by atoms with van der Waals surface area (Å²) in [6, 6.07) is 8.48. The minimum Gasteiger partial charge on any atom is -0.508 e. The summed E-state index contributed by atoms with van der Waals surface area (Å²) in [5.41, 5.74) is 38.4. The maximum absolute atomic E-state index is 13.8. The van der Waals surface area contributed by atoms with Gasteiger partial charge in [0.2, 0.25) is 29.5 Å². The van der Waals surface area contributed by atoms with E-state index >= 15 is 0 Å². The van der Waals surface area contributed by atoms with E-state index in [1.165, 1.54) is 0 Å². The first-order valence-corrected chi connectivity index (χ1v) is 20.1. The highest BCUT2D eigenvalue weighted by Gasteiger charge is 2.29. The molecule has 1 aliphatic rings. The number of nitrogens with one attached hydrogen (secondary N) is 5. The fourth-order valence-electron chi connectivity index (χ4n) is 6.67. The van der Waals surface area contributed by atoms with Crippen LogP contribution in [0, 0.1) is 0 Å². The molecular weight excluding hydrogens is 731 g/mol. The van der Waals surface area contributed by atoms with Gasteiger partial charge in [-0.1, -0.05) is 30.3 Å². The molecule has 57 heavy (non-hydrogen) atoms. The number of benzene rings is 2. The molecule has 0 radical (unpaired) electrons. The van der Waals surface area contributed by atoms with Crippen LogP contribution in [-0.4, -0.2) is 104 Å². The first-order chi connectivity index (χ1) is 27.3. The van der Waals surface area contributed by atoms with E-state index in [0.717, 1.165) is 29.5 Å². The predicted octanol–water partition coefficient (Wildman–Crippen LogP) is -1.40. The van der Waals surface area contributed by atoms with Gasteiger partial charge in [0, 0.05) is 50.5 Å². The average molecular weight is 796 g/mol. The number of amides is 5. The van der Waals surface area contributed by atoms with Crippen molar-refractivity contribution in [2.24, 2.45) is 34.4 Å². The van der Waals surface area contributed by atoms with Crippen molar-refractivity contribution < 1.29 is 29.1 Å². The molecule has 17 nitrogen and oxygen atoms in total. The van der Waals surface area contributed by atoms with Gasteiger partial charge in [0.25, 0.3) is 0 Å². The topological polar surface area (TPSA) is 322 Å². The maximum Gasteiger partial charge on any atom is 0.242 e. The highest BCUT2D eigenvalue weighted by molar-refractivity contribution is 5.91. The van der Waals surface area contributed by atoms with E-state index in [1.54, 1.807) is 18.2 Å². The summed E-state index contributed by atoms with van der Waals surface area (Å²) >= 11 is 0. The van der Waals surface area contributed by atoms with Gasteiger partial charge in [-0.15, -0.1) is 0 Å². The number of carbonyl (C=O) groups is 5. The van der Waals surface area contributed by atoms with Crippen molar-refractivity contribution in [3.63, 3.8) is 0 Å². The summed E-state index contributed by atoms with van der Waals surface area (Å²) < 4.78 is 0. The molecule has 17 heteroatoms. The lowest BCUT2D eigenvalue weighted by Gasteiger charge is -2.25. The average Bonchev–Trinajstić information content (AvgIpc) is 3.18. The molecule has 0 fully saturated rings. The van der Waals surface area contributed by atoms with Crippen molar-refractivity contribution in [1.29, 1.82) is 0 Å². The fraction of sp³-hybridized carbons (Fsp3) is 0.575. The van der Waals surface area contributed by atoms with E-state index in [4.69, 9.17) is 34.4 Å². The zero-order chi connectivity index (χ0) is 41.7. The fourth-order valence-corrected chi connectivity index (χ4v) is 6.67. The van der Waals surface area contributed by atoms with Crippen LogP contribution in [0.4, 0.5) is 0 Å². The summed E-state index contributed by atoms with van der Waals surface area (Å²) in [6.45, 7) is 1.77. The lowest BCUT2D eigenvalue weighted by molar-refractivity contribution is -0.131. The van der Waals surface area contributed by atoms with E-state index in [2.05, 4.69) is 26.6 Å². The molecule has 0 aromatic heterocycles. The minimum atomic E-state index is -1.06. The van der Waals surface area contributed by atoms with Gasteiger partial charge < -0.3 is 66.1 Å². The Morgan fingerprint density at radius 1 is 0.789 bits per heavy atom. The zero-order valence-corrected chi connectivity index (χ0v) is 33.0. The Morgan fingerprint density at radius 3 is 2.23 bits per heavy atom. The van der Waals surface area contributed by atoms with Crippen molar-refractivity contribution in [1.82, 2.24) is 26.6 Å². The first kappa shape index (κ1) is 46.7. The number of aromatic hydroxyl groups is 1. The van der Waals surface area contributed by atoms with E-state index in [0.29, 0.717) is 57.3 Å². The number of hydrogen-bond acceptors (Lipinski definition) is 12. The van der Waals surface area contributed by atoms with Gasteiger partial charge in [-0.25, -0.2) is 0 Å². The third kappa shape index (κ3) is 16.8. The molecule has 1 heterocycles. The van der Waals surface area contributed by atoms with Gasteiger partial charge in [-0.3, -0.25) is 24.0 Å². The Hall–Kier alpha value is -4.65. The molecule has 6 atom stereocenters. The molecule has 0 saturated heterocycles. The third-order valence-electron chi connectivity index (χ3n) is 9.89. The van der Waals surface area contributed by atoms with Gasteiger partial charge in [0.1, 0.15) is 17.8 Å². The molecule has 2 aromatic rings.